The highest BCUT2D eigenvalue weighted by Gasteiger charge is 2.24. The first-order chi connectivity index (χ1) is 13.1. The number of carbonyl (C=O) groups excluding carboxylic acids is 1. The van der Waals surface area contributed by atoms with Crippen LogP contribution in [-0.2, 0) is 17.8 Å². The van der Waals surface area contributed by atoms with Gasteiger partial charge < -0.3 is 9.64 Å². The summed E-state index contributed by atoms with van der Waals surface area (Å²) < 4.78 is 19.2. The van der Waals surface area contributed by atoms with Gasteiger partial charge in [-0.25, -0.2) is 4.39 Å². The van der Waals surface area contributed by atoms with Crippen molar-refractivity contribution < 1.29 is 13.9 Å². The highest BCUT2D eigenvalue weighted by atomic mass is 19.1. The molecule has 1 aliphatic rings. The first-order valence-electron chi connectivity index (χ1n) is 9.45. The molecule has 1 fully saturated rings. The van der Waals surface area contributed by atoms with E-state index in [0.717, 1.165) is 23.4 Å². The molecule has 27 heavy (non-hydrogen) atoms. The largest absolute Gasteiger partial charge is 0.497 e. The number of ether oxygens (including phenoxy) is 1. The Hall–Kier alpha value is -2.40. The molecule has 0 bridgehead atoms. The van der Waals surface area contributed by atoms with Crippen molar-refractivity contribution in [3.05, 3.63) is 65.5 Å². The third kappa shape index (κ3) is 5.07. The van der Waals surface area contributed by atoms with Gasteiger partial charge in [-0.3, -0.25) is 9.69 Å². The monoisotopic (exact) mass is 370 g/mol. The fraction of sp³-hybridized carbons (Fsp3) is 0.409. The lowest BCUT2D eigenvalue weighted by molar-refractivity contribution is -0.130. The summed E-state index contributed by atoms with van der Waals surface area (Å²) >= 11 is 0. The summed E-state index contributed by atoms with van der Waals surface area (Å²) in [6, 6.07) is 14.9. The number of hydrogen-bond acceptors (Lipinski definition) is 3. The maximum atomic E-state index is 13.9. The lowest BCUT2D eigenvalue weighted by Crippen LogP contribution is -2.38. The van der Waals surface area contributed by atoms with E-state index in [1.165, 1.54) is 6.07 Å². The van der Waals surface area contributed by atoms with Crippen molar-refractivity contribution in [1.82, 2.24) is 9.80 Å². The van der Waals surface area contributed by atoms with Gasteiger partial charge in [0.15, 0.2) is 0 Å². The molecule has 1 unspecified atom stereocenters. The second kappa shape index (κ2) is 9.00. The topological polar surface area (TPSA) is 32.8 Å². The van der Waals surface area contributed by atoms with E-state index in [9.17, 15) is 9.18 Å². The summed E-state index contributed by atoms with van der Waals surface area (Å²) in [5.74, 6) is 0.809. The SMILES string of the molecule is COc1cccc(CN2CCN(C(C)Cc3ccccc3F)CCC2=O)c1. The number of rotatable bonds is 6. The van der Waals surface area contributed by atoms with Gasteiger partial charge in [-0.05, 0) is 42.7 Å². The smallest absolute Gasteiger partial charge is 0.224 e. The molecule has 2 aromatic rings. The second-order valence-corrected chi connectivity index (χ2v) is 7.10. The number of nitrogens with zero attached hydrogens (tertiary/aromatic N) is 2. The van der Waals surface area contributed by atoms with Crippen LogP contribution in [0.15, 0.2) is 48.5 Å². The molecule has 1 amide bonds. The molecule has 1 aliphatic heterocycles. The summed E-state index contributed by atoms with van der Waals surface area (Å²) in [6.07, 6.45) is 1.14. The standard InChI is InChI=1S/C22H27FN2O2/c1-17(14-19-7-3-4-9-21(19)23)24-11-10-22(26)25(13-12-24)16-18-6-5-8-20(15-18)27-2/h3-9,15,17H,10-14,16H2,1-2H3. The van der Waals surface area contributed by atoms with Crippen LogP contribution in [0.4, 0.5) is 4.39 Å². The Morgan fingerprint density at radius 1 is 1.11 bits per heavy atom. The van der Waals surface area contributed by atoms with Gasteiger partial charge in [-0.2, -0.15) is 0 Å². The maximum absolute atomic E-state index is 13.9. The zero-order chi connectivity index (χ0) is 19.2. The third-order valence-electron chi connectivity index (χ3n) is 5.23. The van der Waals surface area contributed by atoms with Gasteiger partial charge in [0.2, 0.25) is 5.91 Å². The number of methoxy groups -OCH3 is 1. The molecule has 1 heterocycles. The molecule has 4 nitrogen and oxygen atoms in total. The van der Waals surface area contributed by atoms with Gasteiger partial charge in [-0.1, -0.05) is 30.3 Å². The predicted octanol–water partition coefficient (Wildman–Crippen LogP) is 3.50. The van der Waals surface area contributed by atoms with E-state index in [-0.39, 0.29) is 17.8 Å². The Morgan fingerprint density at radius 3 is 2.70 bits per heavy atom. The van der Waals surface area contributed by atoms with Crippen molar-refractivity contribution in [2.24, 2.45) is 0 Å². The Balaban J connectivity index is 1.61. The van der Waals surface area contributed by atoms with Crippen LogP contribution in [-0.4, -0.2) is 48.5 Å². The first-order valence-corrected chi connectivity index (χ1v) is 9.45. The fourth-order valence-corrected chi connectivity index (χ4v) is 3.59. The molecule has 0 aromatic heterocycles. The second-order valence-electron chi connectivity index (χ2n) is 7.10. The summed E-state index contributed by atoms with van der Waals surface area (Å²) in [5.41, 5.74) is 1.80. The summed E-state index contributed by atoms with van der Waals surface area (Å²) in [7, 11) is 1.64. The van der Waals surface area contributed by atoms with Crippen LogP contribution in [0.2, 0.25) is 0 Å². The Morgan fingerprint density at radius 2 is 1.93 bits per heavy atom. The van der Waals surface area contributed by atoms with E-state index >= 15 is 0 Å². The minimum Gasteiger partial charge on any atom is -0.497 e. The lowest BCUT2D eigenvalue weighted by atomic mass is 10.1. The maximum Gasteiger partial charge on any atom is 0.224 e. The van der Waals surface area contributed by atoms with E-state index in [1.807, 2.05) is 41.3 Å². The Kier molecular flexibility index (Phi) is 6.45. The van der Waals surface area contributed by atoms with Gasteiger partial charge in [0.25, 0.3) is 0 Å². The average molecular weight is 370 g/mol. The molecule has 0 N–H and O–H groups in total. The van der Waals surface area contributed by atoms with Crippen molar-refractivity contribution in [1.29, 1.82) is 0 Å². The number of halogens is 1. The van der Waals surface area contributed by atoms with Crippen LogP contribution in [0.25, 0.3) is 0 Å². The third-order valence-corrected chi connectivity index (χ3v) is 5.23. The molecule has 2 aromatic carbocycles. The minimum atomic E-state index is -0.158. The van der Waals surface area contributed by atoms with E-state index in [2.05, 4.69) is 11.8 Å². The van der Waals surface area contributed by atoms with Gasteiger partial charge in [-0.15, -0.1) is 0 Å². The normalized spacial score (nSPS) is 16.9. The van der Waals surface area contributed by atoms with Gasteiger partial charge in [0.05, 0.1) is 7.11 Å². The van der Waals surface area contributed by atoms with Gasteiger partial charge in [0, 0.05) is 38.6 Å². The molecule has 1 saturated heterocycles. The molecular weight excluding hydrogens is 343 g/mol. The highest BCUT2D eigenvalue weighted by molar-refractivity contribution is 5.76. The van der Waals surface area contributed by atoms with Gasteiger partial charge in [0.1, 0.15) is 11.6 Å². The molecule has 0 saturated carbocycles. The van der Waals surface area contributed by atoms with Crippen LogP contribution in [0.5, 0.6) is 5.75 Å². The van der Waals surface area contributed by atoms with Crippen LogP contribution >= 0.6 is 0 Å². The number of carbonyl (C=O) groups is 1. The van der Waals surface area contributed by atoms with Crippen LogP contribution in [0, 0.1) is 5.82 Å². The van der Waals surface area contributed by atoms with Crippen molar-refractivity contribution >= 4 is 5.91 Å². The molecule has 0 spiro atoms. The zero-order valence-electron chi connectivity index (χ0n) is 16.0. The van der Waals surface area contributed by atoms with Crippen LogP contribution in [0.1, 0.15) is 24.5 Å². The van der Waals surface area contributed by atoms with Crippen molar-refractivity contribution in [2.45, 2.75) is 32.4 Å². The van der Waals surface area contributed by atoms with Crippen molar-refractivity contribution in [2.75, 3.05) is 26.7 Å². The number of amides is 1. The van der Waals surface area contributed by atoms with Crippen LogP contribution < -0.4 is 4.74 Å². The molecule has 0 aliphatic carbocycles. The molecule has 144 valence electrons. The van der Waals surface area contributed by atoms with E-state index in [1.54, 1.807) is 13.2 Å². The van der Waals surface area contributed by atoms with E-state index in [0.29, 0.717) is 32.5 Å². The van der Waals surface area contributed by atoms with E-state index in [4.69, 9.17) is 4.74 Å². The average Bonchev–Trinajstić information content (AvgIpc) is 2.86. The van der Waals surface area contributed by atoms with Crippen LogP contribution in [0.3, 0.4) is 0 Å². The molecule has 3 rings (SSSR count). The number of hydrogen-bond donors (Lipinski definition) is 0. The first kappa shape index (κ1) is 19.4. The summed E-state index contributed by atoms with van der Waals surface area (Å²) in [5, 5.41) is 0. The minimum absolute atomic E-state index is 0.158. The Labute approximate surface area is 160 Å². The van der Waals surface area contributed by atoms with Gasteiger partial charge >= 0.3 is 0 Å². The molecule has 1 atom stereocenters. The molecular formula is C22H27FN2O2. The lowest BCUT2D eigenvalue weighted by Gasteiger charge is -2.28. The molecule has 5 heteroatoms. The predicted molar refractivity (Wildman–Crippen MR) is 104 cm³/mol. The molecule has 0 radical (unpaired) electrons. The Bertz CT molecular complexity index is 780. The van der Waals surface area contributed by atoms with Crippen molar-refractivity contribution in [3.8, 4) is 5.75 Å². The number of benzene rings is 2. The fourth-order valence-electron chi connectivity index (χ4n) is 3.59. The van der Waals surface area contributed by atoms with Crippen molar-refractivity contribution in [3.63, 3.8) is 0 Å². The summed E-state index contributed by atoms with van der Waals surface area (Å²) in [6.45, 7) is 4.88. The summed E-state index contributed by atoms with van der Waals surface area (Å²) in [4.78, 5) is 16.8. The zero-order valence-corrected chi connectivity index (χ0v) is 16.0. The highest BCUT2D eigenvalue weighted by Crippen LogP contribution is 2.18. The van der Waals surface area contributed by atoms with E-state index < -0.39 is 0 Å². The quantitative estimate of drug-likeness (QED) is 0.780.